The van der Waals surface area contributed by atoms with Gasteiger partial charge in [-0.3, -0.25) is 0 Å². The maximum absolute atomic E-state index is 11.4. The van der Waals surface area contributed by atoms with Gasteiger partial charge in [0.15, 0.2) is 11.5 Å². The molecule has 0 aliphatic heterocycles. The minimum absolute atomic E-state index is 0.273. The molecule has 0 saturated heterocycles. The predicted molar refractivity (Wildman–Crippen MR) is 81.6 cm³/mol. The molecular weight excluding hydrogens is 270 g/mol. The second kappa shape index (κ2) is 9.02. The Morgan fingerprint density at radius 3 is 2.48 bits per heavy atom. The van der Waals surface area contributed by atoms with E-state index in [4.69, 9.17) is 14.2 Å². The van der Waals surface area contributed by atoms with Crippen LogP contribution < -0.4 is 14.8 Å². The number of carbonyl (C=O) groups excluding carboxylic acids is 1. The fraction of sp³-hybridized carbons (Fsp3) is 0.438. The molecule has 1 aromatic rings. The van der Waals surface area contributed by atoms with Crippen molar-refractivity contribution in [3.8, 4) is 11.5 Å². The van der Waals surface area contributed by atoms with Gasteiger partial charge in [0.1, 0.15) is 0 Å². The third kappa shape index (κ3) is 5.11. The van der Waals surface area contributed by atoms with Crippen LogP contribution in [0.25, 0.3) is 0 Å². The lowest BCUT2D eigenvalue weighted by Gasteiger charge is -2.10. The van der Waals surface area contributed by atoms with Crippen LogP contribution in [0.4, 0.5) is 0 Å². The van der Waals surface area contributed by atoms with Gasteiger partial charge in [0.05, 0.1) is 21.3 Å². The average molecular weight is 293 g/mol. The summed E-state index contributed by atoms with van der Waals surface area (Å²) in [6.45, 7) is 3.21. The van der Waals surface area contributed by atoms with Gasteiger partial charge in [-0.2, -0.15) is 0 Å². The number of hydrogen-bond donors (Lipinski definition) is 1. The van der Waals surface area contributed by atoms with Gasteiger partial charge in [0.25, 0.3) is 0 Å². The monoisotopic (exact) mass is 293 g/mol. The highest BCUT2D eigenvalue weighted by molar-refractivity contribution is 5.88. The second-order valence-corrected chi connectivity index (χ2v) is 4.39. The van der Waals surface area contributed by atoms with Crippen LogP contribution in [-0.2, 0) is 16.1 Å². The normalized spacial score (nSPS) is 11.1. The number of hydrogen-bond acceptors (Lipinski definition) is 5. The maximum atomic E-state index is 11.4. The van der Waals surface area contributed by atoms with Crippen LogP contribution >= 0.6 is 0 Å². The molecule has 0 saturated carbocycles. The van der Waals surface area contributed by atoms with Gasteiger partial charge >= 0.3 is 5.97 Å². The Morgan fingerprint density at radius 2 is 1.90 bits per heavy atom. The summed E-state index contributed by atoms with van der Waals surface area (Å²) in [4.78, 5) is 11.4. The number of ether oxygens (including phenoxy) is 3. The standard InChI is InChI=1S/C16H23NO4/c1-5-13(16(18)21-4)8-9-17-11-12-6-7-14(19-2)15(10-12)20-3/h6-8,10,17H,5,9,11H2,1-4H3/b13-8-. The predicted octanol–water partition coefficient (Wildman–Crippen LogP) is 2.30. The zero-order valence-corrected chi connectivity index (χ0v) is 13.1. The summed E-state index contributed by atoms with van der Waals surface area (Å²) >= 11 is 0. The van der Waals surface area contributed by atoms with Crippen molar-refractivity contribution in [3.63, 3.8) is 0 Å². The number of rotatable bonds is 8. The summed E-state index contributed by atoms with van der Waals surface area (Å²) in [7, 11) is 4.62. The molecule has 0 fully saturated rings. The van der Waals surface area contributed by atoms with Crippen molar-refractivity contribution in [2.24, 2.45) is 0 Å². The summed E-state index contributed by atoms with van der Waals surface area (Å²) in [5, 5.41) is 3.25. The topological polar surface area (TPSA) is 56.8 Å². The first kappa shape index (κ1) is 17.0. The van der Waals surface area contributed by atoms with E-state index in [9.17, 15) is 4.79 Å². The zero-order valence-electron chi connectivity index (χ0n) is 13.1. The number of nitrogens with one attached hydrogen (secondary N) is 1. The lowest BCUT2D eigenvalue weighted by atomic mass is 10.2. The molecule has 5 nitrogen and oxygen atoms in total. The molecule has 21 heavy (non-hydrogen) atoms. The third-order valence-electron chi connectivity index (χ3n) is 3.10. The first-order valence-corrected chi connectivity index (χ1v) is 6.85. The van der Waals surface area contributed by atoms with Gasteiger partial charge in [-0.25, -0.2) is 4.79 Å². The Morgan fingerprint density at radius 1 is 1.19 bits per heavy atom. The molecular formula is C16H23NO4. The minimum atomic E-state index is -0.273. The van der Waals surface area contributed by atoms with E-state index in [0.717, 1.165) is 5.56 Å². The average Bonchev–Trinajstić information content (AvgIpc) is 2.53. The van der Waals surface area contributed by atoms with Crippen molar-refractivity contribution in [2.45, 2.75) is 19.9 Å². The van der Waals surface area contributed by atoms with Gasteiger partial charge in [-0.15, -0.1) is 0 Å². The molecule has 5 heteroatoms. The van der Waals surface area contributed by atoms with E-state index >= 15 is 0 Å². The summed E-state index contributed by atoms with van der Waals surface area (Å²) < 4.78 is 15.2. The molecule has 116 valence electrons. The van der Waals surface area contributed by atoms with Gasteiger partial charge in [-0.05, 0) is 24.1 Å². The van der Waals surface area contributed by atoms with Crippen molar-refractivity contribution in [2.75, 3.05) is 27.9 Å². The molecule has 0 bridgehead atoms. The smallest absolute Gasteiger partial charge is 0.333 e. The van der Waals surface area contributed by atoms with Crippen LogP contribution in [0.2, 0.25) is 0 Å². The molecule has 0 atom stereocenters. The van der Waals surface area contributed by atoms with E-state index in [1.165, 1.54) is 7.11 Å². The van der Waals surface area contributed by atoms with Crippen LogP contribution in [0.15, 0.2) is 29.8 Å². The quantitative estimate of drug-likeness (QED) is 0.453. The van der Waals surface area contributed by atoms with Gasteiger partial charge in [-0.1, -0.05) is 19.1 Å². The highest BCUT2D eigenvalue weighted by atomic mass is 16.5. The molecule has 0 radical (unpaired) electrons. The SMILES string of the molecule is CC/C(=C/CNCc1ccc(OC)c(OC)c1)C(=O)OC. The largest absolute Gasteiger partial charge is 0.493 e. The van der Waals surface area contributed by atoms with Crippen LogP contribution in [0, 0.1) is 0 Å². The molecule has 1 aromatic carbocycles. The Labute approximate surface area is 125 Å². The number of carbonyl (C=O) groups is 1. The number of methoxy groups -OCH3 is 3. The van der Waals surface area contributed by atoms with Crippen molar-refractivity contribution in [1.82, 2.24) is 5.32 Å². The van der Waals surface area contributed by atoms with Gasteiger partial charge in [0.2, 0.25) is 0 Å². The summed E-state index contributed by atoms with van der Waals surface area (Å²) in [6, 6.07) is 5.77. The lowest BCUT2D eigenvalue weighted by Crippen LogP contribution is -2.15. The molecule has 0 aliphatic carbocycles. The van der Waals surface area contributed by atoms with E-state index < -0.39 is 0 Å². The number of benzene rings is 1. The minimum Gasteiger partial charge on any atom is -0.493 e. The van der Waals surface area contributed by atoms with Crippen LogP contribution in [0.1, 0.15) is 18.9 Å². The van der Waals surface area contributed by atoms with E-state index in [-0.39, 0.29) is 5.97 Å². The van der Waals surface area contributed by atoms with E-state index in [1.807, 2.05) is 31.2 Å². The highest BCUT2D eigenvalue weighted by Crippen LogP contribution is 2.27. The van der Waals surface area contributed by atoms with Crippen LogP contribution in [-0.4, -0.2) is 33.8 Å². The first-order chi connectivity index (χ1) is 10.2. The van der Waals surface area contributed by atoms with Crippen LogP contribution in [0.3, 0.4) is 0 Å². The van der Waals surface area contributed by atoms with E-state index in [1.54, 1.807) is 14.2 Å². The summed E-state index contributed by atoms with van der Waals surface area (Å²) in [5.41, 5.74) is 1.76. The molecule has 0 heterocycles. The maximum Gasteiger partial charge on any atom is 0.333 e. The molecule has 1 N–H and O–H groups in total. The fourth-order valence-corrected chi connectivity index (χ4v) is 1.91. The second-order valence-electron chi connectivity index (χ2n) is 4.39. The third-order valence-corrected chi connectivity index (χ3v) is 3.10. The van der Waals surface area contributed by atoms with Crippen molar-refractivity contribution in [1.29, 1.82) is 0 Å². The Bertz CT molecular complexity index is 497. The molecule has 0 aromatic heterocycles. The van der Waals surface area contributed by atoms with Crippen molar-refractivity contribution < 1.29 is 19.0 Å². The first-order valence-electron chi connectivity index (χ1n) is 6.85. The lowest BCUT2D eigenvalue weighted by molar-refractivity contribution is -0.136. The number of esters is 1. The molecule has 0 unspecified atom stereocenters. The van der Waals surface area contributed by atoms with Gasteiger partial charge < -0.3 is 19.5 Å². The van der Waals surface area contributed by atoms with Crippen molar-refractivity contribution in [3.05, 3.63) is 35.4 Å². The highest BCUT2D eigenvalue weighted by Gasteiger charge is 2.06. The fourth-order valence-electron chi connectivity index (χ4n) is 1.91. The molecule has 0 amide bonds. The van der Waals surface area contributed by atoms with Gasteiger partial charge in [0, 0.05) is 18.7 Å². The Kier molecular flexibility index (Phi) is 7.32. The zero-order chi connectivity index (χ0) is 15.7. The summed E-state index contributed by atoms with van der Waals surface area (Å²) in [6.07, 6.45) is 2.51. The van der Waals surface area contributed by atoms with Crippen LogP contribution in [0.5, 0.6) is 11.5 Å². The molecule has 0 aliphatic rings. The van der Waals surface area contributed by atoms with Crippen molar-refractivity contribution >= 4 is 5.97 Å². The summed E-state index contributed by atoms with van der Waals surface area (Å²) in [5.74, 6) is 1.14. The Hall–Kier alpha value is -2.01. The van der Waals surface area contributed by atoms with E-state index in [2.05, 4.69) is 5.32 Å². The molecule has 1 rings (SSSR count). The van der Waals surface area contributed by atoms with E-state index in [0.29, 0.717) is 36.6 Å². The Balaban J connectivity index is 2.56. The molecule has 0 spiro atoms.